The van der Waals surface area contributed by atoms with Crippen molar-refractivity contribution in [1.29, 1.82) is 0 Å². The number of carbonyl (C=O) groups excluding carboxylic acids is 1. The highest BCUT2D eigenvalue weighted by atomic mass is 35.5. The Morgan fingerprint density at radius 2 is 2.25 bits per heavy atom. The molecule has 0 saturated heterocycles. The zero-order chi connectivity index (χ0) is 13.8. The molecule has 0 fully saturated rings. The Hall–Kier alpha value is -1.40. The lowest BCUT2D eigenvalue weighted by atomic mass is 10.0. The highest BCUT2D eigenvalue weighted by Gasteiger charge is 2.22. The molecule has 7 heteroatoms. The van der Waals surface area contributed by atoms with Crippen LogP contribution in [-0.4, -0.2) is 32.7 Å². The summed E-state index contributed by atoms with van der Waals surface area (Å²) in [6.07, 6.45) is 1.58. The second-order valence-electron chi connectivity index (χ2n) is 4.35. The van der Waals surface area contributed by atoms with Crippen molar-refractivity contribution in [3.05, 3.63) is 23.8 Å². The lowest BCUT2D eigenvalue weighted by Gasteiger charge is -2.29. The summed E-state index contributed by atoms with van der Waals surface area (Å²) in [7, 11) is 1.71. The van der Waals surface area contributed by atoms with Crippen LogP contribution in [0, 0.1) is 0 Å². The van der Waals surface area contributed by atoms with Gasteiger partial charge in [0.1, 0.15) is 5.75 Å². The van der Waals surface area contributed by atoms with Crippen LogP contribution < -0.4 is 15.0 Å². The van der Waals surface area contributed by atoms with Crippen LogP contribution in [0.2, 0.25) is 0 Å². The molecule has 0 atom stereocenters. The first-order valence-corrected chi connectivity index (χ1v) is 6.14. The molecule has 1 aromatic rings. The number of carbonyl (C=O) groups is 1. The fraction of sp³-hybridized carbons (Fsp3) is 0.462. The third-order valence-corrected chi connectivity index (χ3v) is 3.02. The van der Waals surface area contributed by atoms with Crippen molar-refractivity contribution >= 4 is 24.0 Å². The van der Waals surface area contributed by atoms with E-state index in [0.717, 1.165) is 24.1 Å². The highest BCUT2D eigenvalue weighted by molar-refractivity contribution is 5.96. The van der Waals surface area contributed by atoms with E-state index in [9.17, 15) is 13.6 Å². The van der Waals surface area contributed by atoms with Crippen LogP contribution in [0.4, 0.5) is 14.5 Å². The number of benzene rings is 1. The van der Waals surface area contributed by atoms with Gasteiger partial charge in [0.25, 0.3) is 0 Å². The monoisotopic (exact) mass is 306 g/mol. The number of fused-ring (bicyclic) bond motifs is 1. The first kappa shape index (κ1) is 16.7. The first-order chi connectivity index (χ1) is 9.11. The fourth-order valence-corrected chi connectivity index (χ4v) is 2.26. The Morgan fingerprint density at radius 1 is 1.50 bits per heavy atom. The third kappa shape index (κ3) is 3.80. The lowest BCUT2D eigenvalue weighted by molar-refractivity contribution is -0.117. The third-order valence-electron chi connectivity index (χ3n) is 3.02. The molecule has 112 valence electrons. The number of halogens is 3. The molecule has 20 heavy (non-hydrogen) atoms. The Bertz CT molecular complexity index is 472. The number of aryl methyl sites for hydroxylation is 1. The van der Waals surface area contributed by atoms with Crippen molar-refractivity contribution < 1.29 is 18.3 Å². The summed E-state index contributed by atoms with van der Waals surface area (Å²) < 4.78 is 28.7. The maximum atomic E-state index is 12.2. The molecule has 0 aliphatic carbocycles. The van der Waals surface area contributed by atoms with E-state index in [1.165, 1.54) is 6.07 Å². The van der Waals surface area contributed by atoms with Crippen LogP contribution in [0.3, 0.4) is 0 Å². The minimum absolute atomic E-state index is 0. The van der Waals surface area contributed by atoms with Gasteiger partial charge in [-0.15, -0.1) is 12.4 Å². The maximum Gasteiger partial charge on any atom is 0.387 e. The van der Waals surface area contributed by atoms with Crippen LogP contribution in [0.15, 0.2) is 18.2 Å². The molecule has 1 aromatic carbocycles. The second kappa shape index (κ2) is 7.40. The predicted molar refractivity (Wildman–Crippen MR) is 74.9 cm³/mol. The SMILES string of the molecule is CNCC(=O)N1CCCc2cc(OC(F)F)ccc21.Cl. The van der Waals surface area contributed by atoms with E-state index in [4.69, 9.17) is 0 Å². The average Bonchev–Trinajstić information content (AvgIpc) is 2.37. The van der Waals surface area contributed by atoms with Crippen LogP contribution >= 0.6 is 12.4 Å². The van der Waals surface area contributed by atoms with Crippen molar-refractivity contribution in [2.75, 3.05) is 25.0 Å². The van der Waals surface area contributed by atoms with Gasteiger partial charge in [-0.25, -0.2) is 0 Å². The van der Waals surface area contributed by atoms with Gasteiger partial charge in [0, 0.05) is 12.2 Å². The lowest BCUT2D eigenvalue weighted by Crippen LogP contribution is -2.40. The standard InChI is InChI=1S/C13H16F2N2O2.ClH/c1-16-8-12(18)17-6-2-3-9-7-10(19-13(14)15)4-5-11(9)17;/h4-5,7,13,16H,2-3,6,8H2,1H3;1H. The van der Waals surface area contributed by atoms with Gasteiger partial charge in [0.15, 0.2) is 0 Å². The number of alkyl halides is 2. The summed E-state index contributed by atoms with van der Waals surface area (Å²) in [6, 6.07) is 4.72. The van der Waals surface area contributed by atoms with Gasteiger partial charge in [0.2, 0.25) is 5.91 Å². The number of likely N-dealkylation sites (N-methyl/N-ethyl adjacent to an activating group) is 1. The van der Waals surface area contributed by atoms with E-state index >= 15 is 0 Å². The van der Waals surface area contributed by atoms with E-state index in [0.29, 0.717) is 6.54 Å². The summed E-state index contributed by atoms with van der Waals surface area (Å²) >= 11 is 0. The molecule has 0 unspecified atom stereocenters. The quantitative estimate of drug-likeness (QED) is 0.927. The number of anilines is 1. The van der Waals surface area contributed by atoms with Crippen molar-refractivity contribution in [3.8, 4) is 5.75 Å². The molecule has 0 bridgehead atoms. The second-order valence-corrected chi connectivity index (χ2v) is 4.35. The van der Waals surface area contributed by atoms with Gasteiger partial charge < -0.3 is 15.0 Å². The molecule has 0 spiro atoms. The van der Waals surface area contributed by atoms with Crippen molar-refractivity contribution in [3.63, 3.8) is 0 Å². The molecule has 0 saturated carbocycles. The van der Waals surface area contributed by atoms with Crippen molar-refractivity contribution in [2.45, 2.75) is 19.5 Å². The van der Waals surface area contributed by atoms with Crippen LogP contribution in [0.5, 0.6) is 5.75 Å². The van der Waals surface area contributed by atoms with E-state index < -0.39 is 6.61 Å². The van der Waals surface area contributed by atoms with Crippen LogP contribution in [-0.2, 0) is 11.2 Å². The molecule has 1 heterocycles. The highest BCUT2D eigenvalue weighted by Crippen LogP contribution is 2.31. The van der Waals surface area contributed by atoms with Gasteiger partial charge in [-0.1, -0.05) is 0 Å². The normalized spacial score (nSPS) is 13.7. The van der Waals surface area contributed by atoms with Crippen LogP contribution in [0.25, 0.3) is 0 Å². The minimum atomic E-state index is -2.83. The molecule has 1 amide bonds. The molecular weight excluding hydrogens is 290 g/mol. The Labute approximate surface area is 122 Å². The largest absolute Gasteiger partial charge is 0.435 e. The van der Waals surface area contributed by atoms with Gasteiger partial charge in [0.05, 0.1) is 6.54 Å². The topological polar surface area (TPSA) is 41.6 Å². The summed E-state index contributed by atoms with van der Waals surface area (Å²) in [5, 5.41) is 2.82. The smallest absolute Gasteiger partial charge is 0.387 e. The molecule has 0 aromatic heterocycles. The molecule has 1 N–H and O–H groups in total. The van der Waals surface area contributed by atoms with Gasteiger partial charge in [-0.3, -0.25) is 4.79 Å². The summed E-state index contributed by atoms with van der Waals surface area (Å²) in [5.74, 6) is 0.114. The van der Waals surface area contributed by atoms with Gasteiger partial charge >= 0.3 is 6.61 Å². The summed E-state index contributed by atoms with van der Waals surface area (Å²) in [4.78, 5) is 13.6. The zero-order valence-electron chi connectivity index (χ0n) is 11.1. The first-order valence-electron chi connectivity index (χ1n) is 6.14. The number of nitrogens with zero attached hydrogens (tertiary/aromatic N) is 1. The molecule has 0 radical (unpaired) electrons. The van der Waals surface area contributed by atoms with Crippen LogP contribution in [0.1, 0.15) is 12.0 Å². The number of rotatable bonds is 4. The maximum absolute atomic E-state index is 12.2. The summed E-state index contributed by atoms with van der Waals surface area (Å²) in [6.45, 7) is -1.92. The average molecular weight is 307 g/mol. The number of hydrogen-bond donors (Lipinski definition) is 1. The number of ether oxygens (including phenoxy) is 1. The Kier molecular flexibility index (Phi) is 6.16. The number of hydrogen-bond acceptors (Lipinski definition) is 3. The number of nitrogens with one attached hydrogen (secondary N) is 1. The van der Waals surface area contributed by atoms with Crippen molar-refractivity contribution in [1.82, 2.24) is 5.32 Å². The zero-order valence-corrected chi connectivity index (χ0v) is 11.9. The van der Waals surface area contributed by atoms with Gasteiger partial charge in [-0.2, -0.15) is 8.78 Å². The molecule has 1 aliphatic heterocycles. The molecule has 2 rings (SSSR count). The minimum Gasteiger partial charge on any atom is -0.435 e. The fourth-order valence-electron chi connectivity index (χ4n) is 2.26. The molecule has 1 aliphatic rings. The van der Waals surface area contributed by atoms with E-state index in [2.05, 4.69) is 10.1 Å². The predicted octanol–water partition coefficient (Wildman–Crippen LogP) is 2.21. The van der Waals surface area contributed by atoms with Gasteiger partial charge in [-0.05, 0) is 43.7 Å². The van der Waals surface area contributed by atoms with E-state index in [-0.39, 0.29) is 30.6 Å². The van der Waals surface area contributed by atoms with Crippen molar-refractivity contribution in [2.24, 2.45) is 0 Å². The number of amides is 1. The van der Waals surface area contributed by atoms with E-state index in [1.54, 1.807) is 24.1 Å². The summed E-state index contributed by atoms with van der Waals surface area (Å²) in [5.41, 5.74) is 1.65. The Morgan fingerprint density at radius 3 is 2.90 bits per heavy atom. The molecule has 4 nitrogen and oxygen atoms in total. The Balaban J connectivity index is 0.00000200. The van der Waals surface area contributed by atoms with E-state index in [1.807, 2.05) is 0 Å². The molecular formula is C13H17ClF2N2O2.